The lowest BCUT2D eigenvalue weighted by Gasteiger charge is -2.10. The Balaban J connectivity index is 0.00000131. The molecule has 1 saturated heterocycles. The Morgan fingerprint density at radius 2 is 2.07 bits per heavy atom. The Bertz CT molecular complexity index is 919. The van der Waals surface area contributed by atoms with Crippen LogP contribution in [0.4, 0.5) is 0 Å². The number of benzene rings is 1. The van der Waals surface area contributed by atoms with Crippen LogP contribution in [0.15, 0.2) is 48.7 Å². The highest BCUT2D eigenvalue weighted by Crippen LogP contribution is 2.23. The molecule has 0 aliphatic carbocycles. The molecule has 144 valence electrons. The predicted molar refractivity (Wildman–Crippen MR) is 112 cm³/mol. The number of rotatable bonds is 4. The summed E-state index contributed by atoms with van der Waals surface area (Å²) >= 11 is 0. The summed E-state index contributed by atoms with van der Waals surface area (Å²) in [5.41, 5.74) is 4.84. The number of aromatic nitrogens is 2. The Labute approximate surface area is 171 Å². The van der Waals surface area contributed by atoms with Gasteiger partial charge in [-0.05, 0) is 55.6 Å². The molecule has 1 unspecified atom stereocenters. The van der Waals surface area contributed by atoms with Gasteiger partial charge in [-0.1, -0.05) is 18.2 Å². The van der Waals surface area contributed by atoms with Gasteiger partial charge in [0.15, 0.2) is 0 Å². The van der Waals surface area contributed by atoms with Crippen molar-refractivity contribution < 1.29 is 4.79 Å². The minimum absolute atomic E-state index is 0. The maximum Gasteiger partial charge on any atom is 0.251 e. The van der Waals surface area contributed by atoms with Gasteiger partial charge in [0.2, 0.25) is 0 Å². The minimum Gasteiger partial charge on any atom is -0.346 e. The van der Waals surface area contributed by atoms with Gasteiger partial charge in [0.25, 0.3) is 5.91 Å². The molecule has 4 rings (SSSR count). The van der Waals surface area contributed by atoms with Crippen LogP contribution >= 0.6 is 24.8 Å². The lowest BCUT2D eigenvalue weighted by molar-refractivity contribution is 0.0950. The van der Waals surface area contributed by atoms with Gasteiger partial charge in [-0.15, -0.1) is 24.8 Å². The second-order valence-electron chi connectivity index (χ2n) is 6.63. The summed E-state index contributed by atoms with van der Waals surface area (Å²) in [7, 11) is 0. The van der Waals surface area contributed by atoms with Gasteiger partial charge >= 0.3 is 0 Å². The van der Waals surface area contributed by atoms with Gasteiger partial charge < -0.3 is 15.0 Å². The van der Waals surface area contributed by atoms with Crippen molar-refractivity contribution in [2.75, 3.05) is 13.1 Å². The van der Waals surface area contributed by atoms with Crippen molar-refractivity contribution in [3.63, 3.8) is 0 Å². The van der Waals surface area contributed by atoms with E-state index in [2.05, 4.69) is 21.7 Å². The van der Waals surface area contributed by atoms with Crippen LogP contribution in [-0.4, -0.2) is 28.4 Å². The van der Waals surface area contributed by atoms with Crippen molar-refractivity contribution >= 4 is 36.4 Å². The van der Waals surface area contributed by atoms with Crippen LogP contribution in [0.2, 0.25) is 0 Å². The second-order valence-corrected chi connectivity index (χ2v) is 6.63. The van der Waals surface area contributed by atoms with E-state index in [9.17, 15) is 4.79 Å². The first-order chi connectivity index (χ1) is 12.2. The summed E-state index contributed by atoms with van der Waals surface area (Å²) in [6.07, 6.45) is 3.11. The molecule has 1 fully saturated rings. The van der Waals surface area contributed by atoms with E-state index in [1.165, 1.54) is 5.56 Å². The van der Waals surface area contributed by atoms with Crippen LogP contribution in [0, 0.1) is 6.92 Å². The van der Waals surface area contributed by atoms with E-state index in [1.54, 1.807) is 0 Å². The van der Waals surface area contributed by atoms with Crippen molar-refractivity contribution in [1.29, 1.82) is 0 Å². The van der Waals surface area contributed by atoms with E-state index < -0.39 is 0 Å². The van der Waals surface area contributed by atoms with Crippen molar-refractivity contribution in [2.45, 2.75) is 25.8 Å². The highest BCUT2D eigenvalue weighted by atomic mass is 35.5. The molecule has 27 heavy (non-hydrogen) atoms. The fraction of sp³-hybridized carbons (Fsp3) is 0.300. The van der Waals surface area contributed by atoms with Crippen LogP contribution in [-0.2, 0) is 6.54 Å². The molecule has 1 aliphatic heterocycles. The zero-order valence-corrected chi connectivity index (χ0v) is 16.8. The standard InChI is InChI=1S/C20H22N4O.2ClH/c1-14-4-2-7-19-23-18(13-24(14)19)12-22-20(25)16-6-3-5-15(10-16)17-8-9-21-11-17;;/h2-7,10,13,17,21H,8-9,11-12H2,1H3,(H,22,25);2*1H. The van der Waals surface area contributed by atoms with E-state index in [0.29, 0.717) is 18.0 Å². The SMILES string of the molecule is Cc1cccc2nc(CNC(=O)c3cccc(C4CCNC4)c3)cn12.Cl.Cl. The zero-order chi connectivity index (χ0) is 17.2. The largest absolute Gasteiger partial charge is 0.346 e. The third-order valence-corrected chi connectivity index (χ3v) is 4.86. The number of aryl methyl sites for hydroxylation is 1. The van der Waals surface area contributed by atoms with E-state index >= 15 is 0 Å². The molecule has 1 amide bonds. The molecular weight excluding hydrogens is 383 g/mol. The summed E-state index contributed by atoms with van der Waals surface area (Å²) in [5, 5.41) is 6.36. The van der Waals surface area contributed by atoms with Crippen molar-refractivity contribution in [3.8, 4) is 0 Å². The van der Waals surface area contributed by atoms with E-state index in [4.69, 9.17) is 0 Å². The fourth-order valence-corrected chi connectivity index (χ4v) is 3.43. The monoisotopic (exact) mass is 406 g/mol. The number of imidazole rings is 1. The average molecular weight is 407 g/mol. The quantitative estimate of drug-likeness (QED) is 0.696. The van der Waals surface area contributed by atoms with E-state index in [-0.39, 0.29) is 30.7 Å². The van der Waals surface area contributed by atoms with E-state index in [0.717, 1.165) is 36.5 Å². The third-order valence-electron chi connectivity index (χ3n) is 4.86. The fourth-order valence-electron chi connectivity index (χ4n) is 3.43. The molecule has 7 heteroatoms. The summed E-state index contributed by atoms with van der Waals surface area (Å²) in [4.78, 5) is 17.1. The maximum atomic E-state index is 12.5. The van der Waals surface area contributed by atoms with Crippen LogP contribution in [0.1, 0.15) is 39.6 Å². The second kappa shape index (κ2) is 9.22. The van der Waals surface area contributed by atoms with Gasteiger partial charge in [-0.2, -0.15) is 0 Å². The van der Waals surface area contributed by atoms with Gasteiger partial charge in [0, 0.05) is 24.0 Å². The van der Waals surface area contributed by atoms with Gasteiger partial charge in [-0.25, -0.2) is 4.98 Å². The number of fused-ring (bicyclic) bond motifs is 1. The molecule has 1 aliphatic rings. The van der Waals surface area contributed by atoms with Crippen LogP contribution in [0.25, 0.3) is 5.65 Å². The maximum absolute atomic E-state index is 12.5. The molecule has 3 heterocycles. The number of hydrogen-bond acceptors (Lipinski definition) is 3. The summed E-state index contributed by atoms with van der Waals surface area (Å²) in [6, 6.07) is 14.0. The third kappa shape index (κ3) is 4.61. The van der Waals surface area contributed by atoms with Gasteiger partial charge in [0.1, 0.15) is 5.65 Å². The Morgan fingerprint density at radius 1 is 1.26 bits per heavy atom. The van der Waals surface area contributed by atoms with E-state index in [1.807, 2.05) is 53.9 Å². The normalized spacial score (nSPS) is 15.8. The molecule has 0 saturated carbocycles. The lowest BCUT2D eigenvalue weighted by atomic mass is 9.96. The number of amides is 1. The Kier molecular flexibility index (Phi) is 7.25. The molecule has 3 aromatic rings. The summed E-state index contributed by atoms with van der Waals surface area (Å²) < 4.78 is 2.04. The minimum atomic E-state index is -0.0541. The summed E-state index contributed by atoms with van der Waals surface area (Å²) in [5.74, 6) is 0.454. The van der Waals surface area contributed by atoms with Crippen LogP contribution < -0.4 is 10.6 Å². The van der Waals surface area contributed by atoms with Crippen molar-refractivity contribution in [1.82, 2.24) is 20.0 Å². The average Bonchev–Trinajstić information content (AvgIpc) is 3.30. The van der Waals surface area contributed by atoms with Gasteiger partial charge in [0.05, 0.1) is 12.2 Å². The zero-order valence-electron chi connectivity index (χ0n) is 15.1. The Hall–Kier alpha value is -2.08. The van der Waals surface area contributed by atoms with Crippen molar-refractivity contribution in [2.24, 2.45) is 0 Å². The molecule has 5 nitrogen and oxygen atoms in total. The number of carbonyl (C=O) groups is 1. The highest BCUT2D eigenvalue weighted by molar-refractivity contribution is 5.94. The molecule has 0 bridgehead atoms. The predicted octanol–water partition coefficient (Wildman–Crippen LogP) is 3.49. The molecule has 2 N–H and O–H groups in total. The Morgan fingerprint density at radius 3 is 2.81 bits per heavy atom. The van der Waals surface area contributed by atoms with Crippen molar-refractivity contribution in [3.05, 3.63) is 71.2 Å². The first kappa shape index (κ1) is 21.2. The molecule has 0 spiro atoms. The molecule has 2 aromatic heterocycles. The lowest BCUT2D eigenvalue weighted by Crippen LogP contribution is -2.23. The number of halogens is 2. The number of nitrogens with zero attached hydrogens (tertiary/aromatic N) is 2. The number of pyridine rings is 1. The number of nitrogens with one attached hydrogen (secondary N) is 2. The highest BCUT2D eigenvalue weighted by Gasteiger charge is 2.17. The van der Waals surface area contributed by atoms with Crippen LogP contribution in [0.5, 0.6) is 0 Å². The number of carbonyl (C=O) groups excluding carboxylic acids is 1. The molecule has 1 atom stereocenters. The van der Waals surface area contributed by atoms with Gasteiger partial charge in [-0.3, -0.25) is 4.79 Å². The first-order valence-electron chi connectivity index (χ1n) is 8.73. The topological polar surface area (TPSA) is 58.4 Å². The number of hydrogen-bond donors (Lipinski definition) is 2. The molecule has 0 radical (unpaired) electrons. The smallest absolute Gasteiger partial charge is 0.251 e. The first-order valence-corrected chi connectivity index (χ1v) is 8.73. The molecular formula is C20H24Cl2N4O. The van der Waals surface area contributed by atoms with Crippen LogP contribution in [0.3, 0.4) is 0 Å². The molecule has 1 aromatic carbocycles. The summed E-state index contributed by atoms with van der Waals surface area (Å²) in [6.45, 7) is 4.51.